The van der Waals surface area contributed by atoms with Crippen LogP contribution in [0.1, 0.15) is 12.6 Å². The molecule has 0 bridgehead atoms. The Hall–Kier alpha value is -1.59. The zero-order valence-electron chi connectivity index (χ0n) is 12.3. The fourth-order valence-electron chi connectivity index (χ4n) is 2.39. The van der Waals surface area contributed by atoms with Crippen LogP contribution in [0.5, 0.6) is 0 Å². The maximum absolute atomic E-state index is 5.54. The minimum Gasteiger partial charge on any atom is -0.376 e. The maximum Gasteiger partial charge on any atom is 0.168 e. The fraction of sp³-hybridized carbons (Fsp3) is 0.400. The lowest BCUT2D eigenvalue weighted by molar-refractivity contribution is 0.384. The van der Waals surface area contributed by atoms with E-state index in [0.717, 1.165) is 25.2 Å². The van der Waals surface area contributed by atoms with Crippen LogP contribution in [0.15, 0.2) is 24.3 Å². The number of aryl methyl sites for hydroxylation is 1. The van der Waals surface area contributed by atoms with Crippen LogP contribution in [-0.4, -0.2) is 35.2 Å². The first-order valence-corrected chi connectivity index (χ1v) is 7.25. The van der Waals surface area contributed by atoms with Crippen LogP contribution >= 0.6 is 12.2 Å². The van der Waals surface area contributed by atoms with Crippen LogP contribution in [0.25, 0.3) is 10.9 Å². The number of anilines is 1. The van der Waals surface area contributed by atoms with Crippen molar-refractivity contribution in [2.45, 2.75) is 19.9 Å². The van der Waals surface area contributed by atoms with Crippen molar-refractivity contribution in [3.63, 3.8) is 0 Å². The van der Waals surface area contributed by atoms with Crippen molar-refractivity contribution in [3.8, 4) is 0 Å². The van der Waals surface area contributed by atoms with E-state index in [2.05, 4.69) is 54.0 Å². The number of fused-ring (bicyclic) bond motifs is 1. The van der Waals surface area contributed by atoms with Crippen molar-refractivity contribution in [1.82, 2.24) is 9.47 Å². The maximum atomic E-state index is 5.54. The smallest absolute Gasteiger partial charge is 0.168 e. The SMILES string of the molecule is CCc1cc2ccc(NC(N)=S)cc2n1CCN(C)C. The van der Waals surface area contributed by atoms with Gasteiger partial charge in [-0.2, -0.15) is 0 Å². The summed E-state index contributed by atoms with van der Waals surface area (Å²) in [4.78, 5) is 2.20. The summed E-state index contributed by atoms with van der Waals surface area (Å²) in [6.07, 6.45) is 1.03. The molecule has 0 saturated heterocycles. The molecule has 0 amide bonds. The average molecular weight is 290 g/mol. The molecular weight excluding hydrogens is 268 g/mol. The van der Waals surface area contributed by atoms with Crippen LogP contribution in [0.3, 0.4) is 0 Å². The fourth-order valence-corrected chi connectivity index (χ4v) is 2.51. The number of thiocarbonyl (C=S) groups is 1. The lowest BCUT2D eigenvalue weighted by Gasteiger charge is -2.14. The number of nitrogens with one attached hydrogen (secondary N) is 1. The highest BCUT2D eigenvalue weighted by Gasteiger charge is 2.08. The summed E-state index contributed by atoms with van der Waals surface area (Å²) in [5.74, 6) is 0. The third-order valence-electron chi connectivity index (χ3n) is 3.39. The number of likely N-dealkylation sites (N-methyl/N-ethyl adjacent to an activating group) is 1. The molecule has 1 aromatic heterocycles. The van der Waals surface area contributed by atoms with Gasteiger partial charge in [0.05, 0.1) is 5.52 Å². The summed E-state index contributed by atoms with van der Waals surface area (Å²) in [5.41, 5.74) is 9.07. The number of benzene rings is 1. The molecule has 0 atom stereocenters. The molecule has 0 spiro atoms. The van der Waals surface area contributed by atoms with Crippen LogP contribution in [0.2, 0.25) is 0 Å². The Morgan fingerprint density at radius 2 is 2.10 bits per heavy atom. The van der Waals surface area contributed by atoms with Crippen LogP contribution in [0, 0.1) is 0 Å². The predicted molar refractivity (Wildman–Crippen MR) is 90.3 cm³/mol. The Balaban J connectivity index is 2.42. The predicted octanol–water partition coefficient (Wildman–Crippen LogP) is 2.42. The van der Waals surface area contributed by atoms with Gasteiger partial charge >= 0.3 is 0 Å². The van der Waals surface area contributed by atoms with Crippen LogP contribution in [-0.2, 0) is 13.0 Å². The molecule has 2 rings (SSSR count). The zero-order chi connectivity index (χ0) is 14.7. The molecule has 5 heteroatoms. The molecule has 20 heavy (non-hydrogen) atoms. The third kappa shape index (κ3) is 3.29. The summed E-state index contributed by atoms with van der Waals surface area (Å²) < 4.78 is 2.38. The number of rotatable bonds is 5. The van der Waals surface area contributed by atoms with Gasteiger partial charge in [-0.3, -0.25) is 0 Å². The van der Waals surface area contributed by atoms with E-state index in [1.807, 2.05) is 6.07 Å². The van der Waals surface area contributed by atoms with E-state index in [1.54, 1.807) is 0 Å². The molecule has 0 saturated carbocycles. The molecule has 108 valence electrons. The molecule has 3 N–H and O–H groups in total. The zero-order valence-corrected chi connectivity index (χ0v) is 13.1. The van der Waals surface area contributed by atoms with Crippen LogP contribution < -0.4 is 11.1 Å². The van der Waals surface area contributed by atoms with Gasteiger partial charge in [-0.05, 0) is 50.9 Å². The summed E-state index contributed by atoms with van der Waals surface area (Å²) in [6.45, 7) is 4.19. The monoisotopic (exact) mass is 290 g/mol. The van der Waals surface area contributed by atoms with Gasteiger partial charge in [-0.25, -0.2) is 0 Å². The van der Waals surface area contributed by atoms with E-state index in [0.29, 0.717) is 5.11 Å². The van der Waals surface area contributed by atoms with Gasteiger partial charge in [0.1, 0.15) is 0 Å². The molecule has 0 aliphatic heterocycles. The van der Waals surface area contributed by atoms with Gasteiger partial charge in [0.15, 0.2) is 5.11 Å². The summed E-state index contributed by atoms with van der Waals surface area (Å²) >= 11 is 4.90. The lowest BCUT2D eigenvalue weighted by atomic mass is 10.2. The van der Waals surface area contributed by atoms with E-state index in [1.165, 1.54) is 16.6 Å². The highest BCUT2D eigenvalue weighted by molar-refractivity contribution is 7.80. The number of aromatic nitrogens is 1. The number of nitrogens with two attached hydrogens (primary N) is 1. The van der Waals surface area contributed by atoms with Crippen molar-refractivity contribution in [3.05, 3.63) is 30.0 Å². The summed E-state index contributed by atoms with van der Waals surface area (Å²) in [6, 6.07) is 8.50. The Morgan fingerprint density at radius 1 is 1.35 bits per heavy atom. The van der Waals surface area contributed by atoms with Gasteiger partial charge in [0, 0.05) is 29.9 Å². The molecule has 0 aliphatic rings. The molecular formula is C15H22N4S. The second-order valence-corrected chi connectivity index (χ2v) is 5.65. The highest BCUT2D eigenvalue weighted by atomic mass is 32.1. The Labute approximate surface area is 125 Å². The van der Waals surface area contributed by atoms with Gasteiger partial charge in [0.25, 0.3) is 0 Å². The minimum absolute atomic E-state index is 0.298. The number of nitrogens with zero attached hydrogens (tertiary/aromatic N) is 2. The average Bonchev–Trinajstić information content (AvgIpc) is 2.72. The third-order valence-corrected chi connectivity index (χ3v) is 3.49. The van der Waals surface area contributed by atoms with E-state index < -0.39 is 0 Å². The first-order valence-electron chi connectivity index (χ1n) is 6.84. The second-order valence-electron chi connectivity index (χ2n) is 5.21. The van der Waals surface area contributed by atoms with Crippen molar-refractivity contribution in [2.24, 2.45) is 5.73 Å². The van der Waals surface area contributed by atoms with Gasteiger partial charge in [-0.1, -0.05) is 13.0 Å². The van der Waals surface area contributed by atoms with E-state index >= 15 is 0 Å². The number of hydrogen-bond acceptors (Lipinski definition) is 2. The lowest BCUT2D eigenvalue weighted by Crippen LogP contribution is -2.20. The van der Waals surface area contributed by atoms with Gasteiger partial charge in [-0.15, -0.1) is 0 Å². The quantitative estimate of drug-likeness (QED) is 0.830. The van der Waals surface area contributed by atoms with E-state index in [-0.39, 0.29) is 0 Å². The minimum atomic E-state index is 0.298. The molecule has 1 aromatic carbocycles. The highest BCUT2D eigenvalue weighted by Crippen LogP contribution is 2.24. The molecule has 2 aromatic rings. The van der Waals surface area contributed by atoms with Crippen molar-refractivity contribution in [2.75, 3.05) is 26.0 Å². The van der Waals surface area contributed by atoms with Crippen LogP contribution in [0.4, 0.5) is 5.69 Å². The molecule has 0 unspecified atom stereocenters. The van der Waals surface area contributed by atoms with E-state index in [4.69, 9.17) is 18.0 Å². The largest absolute Gasteiger partial charge is 0.376 e. The Kier molecular flexibility index (Phi) is 4.62. The van der Waals surface area contributed by atoms with E-state index in [9.17, 15) is 0 Å². The molecule has 4 nitrogen and oxygen atoms in total. The molecule has 0 radical (unpaired) electrons. The Morgan fingerprint density at radius 3 is 2.70 bits per heavy atom. The van der Waals surface area contributed by atoms with Crippen molar-refractivity contribution < 1.29 is 0 Å². The molecule has 0 aliphatic carbocycles. The normalized spacial score (nSPS) is 11.2. The topological polar surface area (TPSA) is 46.2 Å². The standard InChI is InChI=1S/C15H22N4S/c1-4-13-9-11-5-6-12(17-15(16)20)10-14(11)19(13)8-7-18(2)3/h5-6,9-10H,4,7-8H2,1-3H3,(H3,16,17,20). The molecule has 0 fully saturated rings. The van der Waals surface area contributed by atoms with Gasteiger partial charge in [0.2, 0.25) is 0 Å². The second kappa shape index (κ2) is 6.24. The molecule has 1 heterocycles. The van der Waals surface area contributed by atoms with Crippen molar-refractivity contribution >= 4 is 33.9 Å². The Bertz CT molecular complexity index is 616. The first-order chi connectivity index (χ1) is 9.51. The number of hydrogen-bond donors (Lipinski definition) is 2. The first kappa shape index (κ1) is 14.8. The summed E-state index contributed by atoms with van der Waals surface area (Å²) in [5, 5.41) is 4.56. The van der Waals surface area contributed by atoms with Gasteiger partial charge < -0.3 is 20.5 Å². The van der Waals surface area contributed by atoms with Crippen molar-refractivity contribution in [1.29, 1.82) is 0 Å². The summed E-state index contributed by atoms with van der Waals surface area (Å²) in [7, 11) is 4.19.